The summed E-state index contributed by atoms with van der Waals surface area (Å²) < 4.78 is 23.7. The molecule has 2 rings (SSSR count). The quantitative estimate of drug-likeness (QED) is 0.835. The summed E-state index contributed by atoms with van der Waals surface area (Å²) >= 11 is 0. The second-order valence-electron chi connectivity index (χ2n) is 4.41. The van der Waals surface area contributed by atoms with Gasteiger partial charge in [-0.15, -0.1) is 0 Å². The van der Waals surface area contributed by atoms with Gasteiger partial charge in [-0.25, -0.2) is 4.39 Å². The van der Waals surface area contributed by atoms with Crippen LogP contribution in [0.25, 0.3) is 0 Å². The van der Waals surface area contributed by atoms with Gasteiger partial charge in [0.25, 0.3) is 5.91 Å². The third kappa shape index (κ3) is 3.67. The van der Waals surface area contributed by atoms with Crippen molar-refractivity contribution in [1.29, 1.82) is 0 Å². The van der Waals surface area contributed by atoms with Crippen LogP contribution in [0.15, 0.2) is 24.3 Å². The maximum atomic E-state index is 12.8. The fourth-order valence-corrected chi connectivity index (χ4v) is 1.97. The number of nitrogens with zero attached hydrogens (tertiary/aromatic N) is 1. The molecule has 0 spiro atoms. The highest BCUT2D eigenvalue weighted by atomic mass is 19.1. The molecule has 104 valence electrons. The lowest BCUT2D eigenvalue weighted by molar-refractivity contribution is -0.142. The van der Waals surface area contributed by atoms with Gasteiger partial charge in [-0.05, 0) is 30.7 Å². The van der Waals surface area contributed by atoms with Crippen LogP contribution >= 0.6 is 0 Å². The smallest absolute Gasteiger partial charge is 0.263 e. The molecular formula is C14H18FNO3. The van der Waals surface area contributed by atoms with Crippen molar-refractivity contribution in [3.63, 3.8) is 0 Å². The van der Waals surface area contributed by atoms with Crippen LogP contribution in [0.2, 0.25) is 0 Å². The van der Waals surface area contributed by atoms with Crippen LogP contribution in [0.3, 0.4) is 0 Å². The van der Waals surface area contributed by atoms with E-state index in [9.17, 15) is 9.18 Å². The zero-order chi connectivity index (χ0) is 13.7. The van der Waals surface area contributed by atoms with E-state index in [2.05, 4.69) is 0 Å². The molecule has 0 aliphatic carbocycles. The van der Waals surface area contributed by atoms with Gasteiger partial charge in [-0.2, -0.15) is 0 Å². The number of hydrogen-bond donors (Lipinski definition) is 0. The number of hydrogen-bond acceptors (Lipinski definition) is 3. The average molecular weight is 267 g/mol. The number of ether oxygens (including phenoxy) is 2. The van der Waals surface area contributed by atoms with E-state index >= 15 is 0 Å². The molecule has 0 bridgehead atoms. The summed E-state index contributed by atoms with van der Waals surface area (Å²) in [5.74, 6) is 0.157. The topological polar surface area (TPSA) is 38.8 Å². The molecule has 1 aliphatic rings. The van der Waals surface area contributed by atoms with E-state index in [0.717, 1.165) is 0 Å². The molecule has 1 aromatic rings. The van der Waals surface area contributed by atoms with Gasteiger partial charge in [0, 0.05) is 13.1 Å². The molecule has 0 N–H and O–H groups in total. The molecule has 5 heteroatoms. The van der Waals surface area contributed by atoms with Crippen molar-refractivity contribution < 1.29 is 18.7 Å². The van der Waals surface area contributed by atoms with Gasteiger partial charge in [-0.3, -0.25) is 4.79 Å². The molecule has 4 nitrogen and oxygen atoms in total. The maximum Gasteiger partial charge on any atom is 0.263 e. The minimum atomic E-state index is -0.524. The van der Waals surface area contributed by atoms with E-state index in [1.54, 1.807) is 4.90 Å². The Balaban J connectivity index is 1.98. The second-order valence-corrected chi connectivity index (χ2v) is 4.41. The minimum absolute atomic E-state index is 0.0323. The van der Waals surface area contributed by atoms with Crippen LogP contribution in [0.4, 0.5) is 4.39 Å². The summed E-state index contributed by atoms with van der Waals surface area (Å²) in [6.45, 7) is 4.23. The largest absolute Gasteiger partial charge is 0.481 e. The monoisotopic (exact) mass is 267 g/mol. The van der Waals surface area contributed by atoms with Gasteiger partial charge < -0.3 is 14.4 Å². The summed E-state index contributed by atoms with van der Waals surface area (Å²) in [4.78, 5) is 14.0. The number of carbonyl (C=O) groups excluding carboxylic acids is 1. The number of halogens is 1. The standard InChI is InChI=1S/C14H18FNO3/c1-2-13(14(17)16-7-9-18-10-8-16)19-12-5-3-11(15)4-6-12/h3-6,13H,2,7-10H2,1H3. The molecular weight excluding hydrogens is 249 g/mol. The first kappa shape index (κ1) is 13.8. The molecule has 0 saturated carbocycles. The van der Waals surface area contributed by atoms with E-state index in [0.29, 0.717) is 38.5 Å². The molecule has 1 aliphatic heterocycles. The van der Waals surface area contributed by atoms with Gasteiger partial charge in [0.2, 0.25) is 0 Å². The molecule has 1 atom stereocenters. The normalized spacial score (nSPS) is 17.1. The van der Waals surface area contributed by atoms with Crippen molar-refractivity contribution >= 4 is 5.91 Å². The molecule has 1 aromatic carbocycles. The summed E-state index contributed by atoms with van der Waals surface area (Å²) in [5, 5.41) is 0. The van der Waals surface area contributed by atoms with Crippen molar-refractivity contribution in [1.82, 2.24) is 4.90 Å². The fourth-order valence-electron chi connectivity index (χ4n) is 1.97. The van der Waals surface area contributed by atoms with E-state index in [-0.39, 0.29) is 11.7 Å². The molecule has 1 heterocycles. The Morgan fingerprint density at radius 3 is 2.58 bits per heavy atom. The average Bonchev–Trinajstić information content (AvgIpc) is 2.47. The highest BCUT2D eigenvalue weighted by Crippen LogP contribution is 2.16. The Morgan fingerprint density at radius 1 is 1.37 bits per heavy atom. The number of carbonyl (C=O) groups is 1. The number of benzene rings is 1. The van der Waals surface area contributed by atoms with Crippen LogP contribution in [-0.2, 0) is 9.53 Å². The summed E-state index contributed by atoms with van der Waals surface area (Å²) in [6.07, 6.45) is 0.0525. The predicted octanol–water partition coefficient (Wildman–Crippen LogP) is 1.84. The van der Waals surface area contributed by atoms with Crippen molar-refractivity contribution in [2.75, 3.05) is 26.3 Å². The van der Waals surface area contributed by atoms with Gasteiger partial charge in [0.1, 0.15) is 11.6 Å². The van der Waals surface area contributed by atoms with Crippen molar-refractivity contribution in [2.24, 2.45) is 0 Å². The molecule has 1 fully saturated rings. The van der Waals surface area contributed by atoms with Gasteiger partial charge in [-0.1, -0.05) is 6.92 Å². The zero-order valence-electron chi connectivity index (χ0n) is 11.0. The Morgan fingerprint density at radius 2 is 2.00 bits per heavy atom. The highest BCUT2D eigenvalue weighted by Gasteiger charge is 2.25. The first-order valence-corrected chi connectivity index (χ1v) is 6.49. The third-order valence-corrected chi connectivity index (χ3v) is 3.06. The first-order chi connectivity index (χ1) is 9.20. The van der Waals surface area contributed by atoms with E-state index in [4.69, 9.17) is 9.47 Å². The van der Waals surface area contributed by atoms with E-state index in [1.165, 1.54) is 24.3 Å². The fraction of sp³-hybridized carbons (Fsp3) is 0.500. The van der Waals surface area contributed by atoms with Crippen LogP contribution in [-0.4, -0.2) is 43.2 Å². The first-order valence-electron chi connectivity index (χ1n) is 6.49. The Labute approximate surface area is 112 Å². The lowest BCUT2D eigenvalue weighted by Gasteiger charge is -2.30. The number of morpholine rings is 1. The predicted molar refractivity (Wildman–Crippen MR) is 68.5 cm³/mol. The Hall–Kier alpha value is -1.62. The van der Waals surface area contributed by atoms with Crippen LogP contribution < -0.4 is 4.74 Å². The summed E-state index contributed by atoms with van der Waals surface area (Å²) in [7, 11) is 0. The lowest BCUT2D eigenvalue weighted by Crippen LogP contribution is -2.47. The van der Waals surface area contributed by atoms with Crippen LogP contribution in [0.1, 0.15) is 13.3 Å². The molecule has 19 heavy (non-hydrogen) atoms. The molecule has 0 radical (unpaired) electrons. The van der Waals surface area contributed by atoms with Crippen LogP contribution in [0.5, 0.6) is 5.75 Å². The number of amides is 1. The molecule has 1 unspecified atom stereocenters. The van der Waals surface area contributed by atoms with E-state index < -0.39 is 6.10 Å². The maximum absolute atomic E-state index is 12.8. The Bertz CT molecular complexity index is 415. The number of rotatable bonds is 4. The Kier molecular flexibility index (Phi) is 4.74. The van der Waals surface area contributed by atoms with Crippen LogP contribution in [0, 0.1) is 5.82 Å². The van der Waals surface area contributed by atoms with Gasteiger partial charge in [0.05, 0.1) is 13.2 Å². The third-order valence-electron chi connectivity index (χ3n) is 3.06. The minimum Gasteiger partial charge on any atom is -0.481 e. The summed E-state index contributed by atoms with van der Waals surface area (Å²) in [5.41, 5.74) is 0. The lowest BCUT2D eigenvalue weighted by atomic mass is 10.2. The second kappa shape index (κ2) is 6.52. The molecule has 1 amide bonds. The van der Waals surface area contributed by atoms with Gasteiger partial charge in [0.15, 0.2) is 6.10 Å². The molecule has 0 aromatic heterocycles. The SMILES string of the molecule is CCC(Oc1ccc(F)cc1)C(=O)N1CCOCC1. The van der Waals surface area contributed by atoms with E-state index in [1.807, 2.05) is 6.92 Å². The van der Waals surface area contributed by atoms with Crippen molar-refractivity contribution in [3.8, 4) is 5.75 Å². The summed E-state index contributed by atoms with van der Waals surface area (Å²) in [6, 6.07) is 5.71. The zero-order valence-corrected chi connectivity index (χ0v) is 11.0. The van der Waals surface area contributed by atoms with Crippen molar-refractivity contribution in [3.05, 3.63) is 30.1 Å². The molecule has 1 saturated heterocycles. The highest BCUT2D eigenvalue weighted by molar-refractivity contribution is 5.81. The van der Waals surface area contributed by atoms with Gasteiger partial charge >= 0.3 is 0 Å². The van der Waals surface area contributed by atoms with Crippen molar-refractivity contribution in [2.45, 2.75) is 19.4 Å².